The molecule has 4 nitrogen and oxygen atoms in total. The zero-order valence-corrected chi connectivity index (χ0v) is 13.2. The Morgan fingerprint density at radius 2 is 2.20 bits per heavy atom. The van der Waals surface area contributed by atoms with Gasteiger partial charge in [0.2, 0.25) is 5.91 Å². The summed E-state index contributed by atoms with van der Waals surface area (Å²) in [6.45, 7) is 8.28. The number of hydrogen-bond acceptors (Lipinski definition) is 3. The Morgan fingerprint density at radius 1 is 1.40 bits per heavy atom. The Balaban J connectivity index is 1.90. The molecule has 0 radical (unpaired) electrons. The summed E-state index contributed by atoms with van der Waals surface area (Å²) in [7, 11) is 0. The van der Waals surface area contributed by atoms with Crippen LogP contribution >= 0.6 is 0 Å². The molecule has 0 saturated carbocycles. The molecule has 20 heavy (non-hydrogen) atoms. The molecule has 2 heterocycles. The fourth-order valence-electron chi connectivity index (χ4n) is 3.32. The van der Waals surface area contributed by atoms with E-state index in [-0.39, 0.29) is 12.2 Å². The molecule has 1 N–H and O–H groups in total. The maximum atomic E-state index is 12.6. The molecule has 2 saturated heterocycles. The first-order valence-corrected chi connectivity index (χ1v) is 8.30. The minimum absolute atomic E-state index is 0.0241. The van der Waals surface area contributed by atoms with Crippen molar-refractivity contribution < 1.29 is 9.53 Å². The minimum Gasteiger partial charge on any atom is -0.378 e. The monoisotopic (exact) mass is 282 g/mol. The van der Waals surface area contributed by atoms with Gasteiger partial charge >= 0.3 is 0 Å². The highest BCUT2D eigenvalue weighted by Gasteiger charge is 2.38. The third-order valence-electron chi connectivity index (χ3n) is 4.34. The Kier molecular flexibility index (Phi) is 5.85. The first-order valence-electron chi connectivity index (χ1n) is 8.30. The van der Waals surface area contributed by atoms with Crippen molar-refractivity contribution in [1.29, 1.82) is 0 Å². The summed E-state index contributed by atoms with van der Waals surface area (Å²) in [5, 5.41) is 3.53. The lowest BCUT2D eigenvalue weighted by Crippen LogP contribution is -2.38. The molecule has 3 atom stereocenters. The van der Waals surface area contributed by atoms with Gasteiger partial charge in [0.15, 0.2) is 0 Å². The van der Waals surface area contributed by atoms with Crippen molar-refractivity contribution in [3.05, 3.63) is 0 Å². The molecule has 0 aromatic rings. The summed E-state index contributed by atoms with van der Waals surface area (Å²) in [6.07, 6.45) is 7.01. The van der Waals surface area contributed by atoms with Crippen LogP contribution < -0.4 is 5.32 Å². The molecule has 2 aliphatic heterocycles. The van der Waals surface area contributed by atoms with Gasteiger partial charge in [0.25, 0.3) is 0 Å². The molecule has 2 rings (SSSR count). The smallest absolute Gasteiger partial charge is 0.241 e. The van der Waals surface area contributed by atoms with E-state index in [9.17, 15) is 4.79 Å². The fraction of sp³-hybridized carbons (Fsp3) is 0.938. The first kappa shape index (κ1) is 15.8. The molecule has 2 fully saturated rings. The quantitative estimate of drug-likeness (QED) is 0.780. The Bertz CT molecular complexity index is 314. The van der Waals surface area contributed by atoms with Crippen LogP contribution in [-0.2, 0) is 9.53 Å². The van der Waals surface area contributed by atoms with Gasteiger partial charge < -0.3 is 9.64 Å². The topological polar surface area (TPSA) is 41.6 Å². The number of ether oxygens (including phenoxy) is 1. The average Bonchev–Trinajstić information content (AvgIpc) is 2.98. The van der Waals surface area contributed by atoms with Crippen molar-refractivity contribution >= 4 is 5.91 Å². The molecule has 1 amide bonds. The van der Waals surface area contributed by atoms with Crippen LogP contribution in [0.25, 0.3) is 0 Å². The van der Waals surface area contributed by atoms with Crippen molar-refractivity contribution in [2.45, 2.75) is 77.6 Å². The predicted molar refractivity (Wildman–Crippen MR) is 80.4 cm³/mol. The Labute approximate surface area is 123 Å². The molecule has 0 aromatic carbocycles. The number of rotatable bonds is 7. The maximum absolute atomic E-state index is 12.6. The molecule has 0 bridgehead atoms. The van der Waals surface area contributed by atoms with E-state index in [1.165, 1.54) is 6.42 Å². The van der Waals surface area contributed by atoms with E-state index in [1.807, 2.05) is 0 Å². The number of amides is 1. The van der Waals surface area contributed by atoms with Crippen molar-refractivity contribution in [1.82, 2.24) is 10.2 Å². The standard InChI is InChI=1S/C16H30N2O2/c1-4-6-15-17-14(11-12(2)3)16(19)18(15)9-8-13-7-5-10-20-13/h12-15,17H,4-11H2,1-3H3. The molecular formula is C16H30N2O2. The van der Waals surface area contributed by atoms with E-state index in [0.717, 1.165) is 45.3 Å². The number of nitrogens with zero attached hydrogens (tertiary/aromatic N) is 1. The van der Waals surface area contributed by atoms with Crippen LogP contribution in [0.3, 0.4) is 0 Å². The maximum Gasteiger partial charge on any atom is 0.241 e. The molecule has 2 aliphatic rings. The van der Waals surface area contributed by atoms with Gasteiger partial charge in [-0.25, -0.2) is 0 Å². The fourth-order valence-corrected chi connectivity index (χ4v) is 3.32. The normalized spacial score (nSPS) is 30.7. The van der Waals surface area contributed by atoms with Crippen molar-refractivity contribution in [3.8, 4) is 0 Å². The van der Waals surface area contributed by atoms with Gasteiger partial charge in [0.1, 0.15) is 0 Å². The number of nitrogens with one attached hydrogen (secondary N) is 1. The van der Waals surface area contributed by atoms with Crippen molar-refractivity contribution in [3.63, 3.8) is 0 Å². The predicted octanol–water partition coefficient (Wildman–Crippen LogP) is 2.53. The third-order valence-corrected chi connectivity index (χ3v) is 4.34. The Morgan fingerprint density at radius 3 is 2.80 bits per heavy atom. The molecule has 0 spiro atoms. The lowest BCUT2D eigenvalue weighted by molar-refractivity contribution is -0.130. The van der Waals surface area contributed by atoms with Crippen LogP contribution in [0.4, 0.5) is 0 Å². The highest BCUT2D eigenvalue weighted by molar-refractivity contribution is 5.84. The van der Waals surface area contributed by atoms with E-state index in [2.05, 4.69) is 31.0 Å². The van der Waals surface area contributed by atoms with Gasteiger partial charge in [-0.2, -0.15) is 0 Å². The lowest BCUT2D eigenvalue weighted by Gasteiger charge is -2.25. The minimum atomic E-state index is 0.0241. The molecule has 0 aromatic heterocycles. The van der Waals surface area contributed by atoms with E-state index in [0.29, 0.717) is 17.9 Å². The summed E-state index contributed by atoms with van der Waals surface area (Å²) < 4.78 is 5.68. The van der Waals surface area contributed by atoms with Gasteiger partial charge in [0, 0.05) is 13.2 Å². The highest BCUT2D eigenvalue weighted by atomic mass is 16.5. The van der Waals surface area contributed by atoms with Gasteiger partial charge in [-0.3, -0.25) is 10.1 Å². The summed E-state index contributed by atoms with van der Waals surface area (Å²) in [6, 6.07) is 0.0241. The van der Waals surface area contributed by atoms with Crippen LogP contribution in [-0.4, -0.2) is 42.3 Å². The van der Waals surface area contributed by atoms with Crippen LogP contribution in [0.1, 0.15) is 59.3 Å². The van der Waals surface area contributed by atoms with E-state index >= 15 is 0 Å². The zero-order valence-electron chi connectivity index (χ0n) is 13.2. The van der Waals surface area contributed by atoms with Crippen molar-refractivity contribution in [2.75, 3.05) is 13.2 Å². The second-order valence-corrected chi connectivity index (χ2v) is 6.61. The molecule has 0 aliphatic carbocycles. The number of carbonyl (C=O) groups excluding carboxylic acids is 1. The number of hydrogen-bond donors (Lipinski definition) is 1. The van der Waals surface area contributed by atoms with E-state index < -0.39 is 0 Å². The highest BCUT2D eigenvalue weighted by Crippen LogP contribution is 2.22. The average molecular weight is 282 g/mol. The van der Waals surface area contributed by atoms with Crippen LogP contribution in [0.2, 0.25) is 0 Å². The van der Waals surface area contributed by atoms with Crippen LogP contribution in [0.5, 0.6) is 0 Å². The molecule has 116 valence electrons. The van der Waals surface area contributed by atoms with Gasteiger partial charge in [-0.1, -0.05) is 27.2 Å². The molecule has 3 unspecified atom stereocenters. The van der Waals surface area contributed by atoms with Crippen molar-refractivity contribution in [2.24, 2.45) is 5.92 Å². The number of carbonyl (C=O) groups is 1. The molecule has 4 heteroatoms. The largest absolute Gasteiger partial charge is 0.378 e. The van der Waals surface area contributed by atoms with E-state index in [4.69, 9.17) is 4.74 Å². The van der Waals surface area contributed by atoms with E-state index in [1.54, 1.807) is 0 Å². The Hall–Kier alpha value is -0.610. The summed E-state index contributed by atoms with van der Waals surface area (Å²) >= 11 is 0. The lowest BCUT2D eigenvalue weighted by atomic mass is 10.0. The first-order chi connectivity index (χ1) is 9.61. The van der Waals surface area contributed by atoms with Crippen LogP contribution in [0.15, 0.2) is 0 Å². The third kappa shape index (κ3) is 3.95. The zero-order chi connectivity index (χ0) is 14.5. The summed E-state index contributed by atoms with van der Waals surface area (Å²) in [5.41, 5.74) is 0. The second kappa shape index (κ2) is 7.41. The van der Waals surface area contributed by atoms with Gasteiger partial charge in [-0.15, -0.1) is 0 Å². The SMILES string of the molecule is CCCC1NC(CC(C)C)C(=O)N1CCC1CCCO1. The summed E-state index contributed by atoms with van der Waals surface area (Å²) in [5.74, 6) is 0.854. The molecular weight excluding hydrogens is 252 g/mol. The van der Waals surface area contributed by atoms with Gasteiger partial charge in [0.05, 0.1) is 18.3 Å². The van der Waals surface area contributed by atoms with Gasteiger partial charge in [-0.05, 0) is 38.0 Å². The summed E-state index contributed by atoms with van der Waals surface area (Å²) in [4.78, 5) is 14.6. The van der Waals surface area contributed by atoms with Crippen LogP contribution in [0, 0.1) is 5.92 Å². The second-order valence-electron chi connectivity index (χ2n) is 6.61.